The molecule has 5 heteroatoms. The molecular weight excluding hydrogens is 300 g/mol. The molecular formula is C17H25ClN2O2. The molecule has 1 aliphatic rings. The zero-order chi connectivity index (χ0) is 15.8. The minimum atomic E-state index is 0.166. The molecule has 0 radical (unpaired) electrons. The van der Waals surface area contributed by atoms with Gasteiger partial charge in [-0.05, 0) is 50.2 Å². The smallest absolute Gasteiger partial charge is 0.223 e. The third-order valence-corrected chi connectivity index (χ3v) is 4.39. The van der Waals surface area contributed by atoms with E-state index in [4.69, 9.17) is 16.3 Å². The Kier molecular flexibility index (Phi) is 7.16. The Labute approximate surface area is 137 Å². The minimum absolute atomic E-state index is 0.166. The first-order valence-electron chi connectivity index (χ1n) is 8.01. The standard InChI is InChI=1S/C17H25ClN2O2/c1-2-20-10-7-15(8-11-20)17(21)19-9-12-22-13-14-3-5-16(18)6-4-14/h3-6,15H,2,7-13H2,1H3,(H,19,21). The van der Waals surface area contributed by atoms with E-state index in [9.17, 15) is 4.79 Å². The summed E-state index contributed by atoms with van der Waals surface area (Å²) in [5, 5.41) is 3.70. The van der Waals surface area contributed by atoms with Crippen LogP contribution in [0.3, 0.4) is 0 Å². The van der Waals surface area contributed by atoms with Crippen LogP contribution in [0.15, 0.2) is 24.3 Å². The summed E-state index contributed by atoms with van der Waals surface area (Å²) in [4.78, 5) is 14.5. The van der Waals surface area contributed by atoms with Crippen molar-refractivity contribution in [3.63, 3.8) is 0 Å². The average Bonchev–Trinajstić information content (AvgIpc) is 2.56. The summed E-state index contributed by atoms with van der Waals surface area (Å²) in [6, 6.07) is 7.60. The van der Waals surface area contributed by atoms with Gasteiger partial charge in [0, 0.05) is 17.5 Å². The number of halogens is 1. The second kappa shape index (κ2) is 9.13. The second-order valence-electron chi connectivity index (χ2n) is 5.68. The lowest BCUT2D eigenvalue weighted by Crippen LogP contribution is -2.41. The fourth-order valence-corrected chi connectivity index (χ4v) is 2.80. The molecule has 1 aliphatic heterocycles. The Bertz CT molecular complexity index is 456. The maximum atomic E-state index is 12.1. The van der Waals surface area contributed by atoms with Gasteiger partial charge in [-0.2, -0.15) is 0 Å². The van der Waals surface area contributed by atoms with Crippen molar-refractivity contribution in [1.29, 1.82) is 0 Å². The normalized spacial score (nSPS) is 16.6. The highest BCUT2D eigenvalue weighted by Gasteiger charge is 2.23. The molecule has 4 nitrogen and oxygen atoms in total. The van der Waals surface area contributed by atoms with Crippen molar-refractivity contribution < 1.29 is 9.53 Å². The van der Waals surface area contributed by atoms with Crippen LogP contribution in [0.1, 0.15) is 25.3 Å². The van der Waals surface area contributed by atoms with Crippen molar-refractivity contribution in [2.45, 2.75) is 26.4 Å². The van der Waals surface area contributed by atoms with Gasteiger partial charge in [0.1, 0.15) is 0 Å². The summed E-state index contributed by atoms with van der Waals surface area (Å²) in [5.41, 5.74) is 1.09. The predicted octanol–water partition coefficient (Wildman–Crippen LogP) is 2.70. The summed E-state index contributed by atoms with van der Waals surface area (Å²) in [7, 11) is 0. The van der Waals surface area contributed by atoms with Gasteiger partial charge in [-0.1, -0.05) is 30.7 Å². The first-order valence-corrected chi connectivity index (χ1v) is 8.39. The number of hydrogen-bond acceptors (Lipinski definition) is 3. The highest BCUT2D eigenvalue weighted by molar-refractivity contribution is 6.30. The largest absolute Gasteiger partial charge is 0.375 e. The van der Waals surface area contributed by atoms with Gasteiger partial charge in [0.05, 0.1) is 13.2 Å². The van der Waals surface area contributed by atoms with Gasteiger partial charge in [0.2, 0.25) is 5.91 Å². The Hall–Kier alpha value is -1.10. The molecule has 1 aromatic rings. The van der Waals surface area contributed by atoms with Gasteiger partial charge in [-0.25, -0.2) is 0 Å². The van der Waals surface area contributed by atoms with E-state index in [-0.39, 0.29) is 11.8 Å². The molecule has 1 heterocycles. The van der Waals surface area contributed by atoms with E-state index in [0.29, 0.717) is 19.8 Å². The molecule has 0 aromatic heterocycles. The number of rotatable bonds is 7. The molecule has 0 aliphatic carbocycles. The first-order chi connectivity index (χ1) is 10.7. The van der Waals surface area contributed by atoms with Crippen LogP contribution in [-0.4, -0.2) is 43.6 Å². The molecule has 0 bridgehead atoms. The zero-order valence-corrected chi connectivity index (χ0v) is 13.9. The SMILES string of the molecule is CCN1CCC(C(=O)NCCOCc2ccc(Cl)cc2)CC1. The van der Waals surface area contributed by atoms with Crippen LogP contribution in [-0.2, 0) is 16.1 Å². The van der Waals surface area contributed by atoms with Crippen LogP contribution in [0.5, 0.6) is 0 Å². The molecule has 0 atom stereocenters. The van der Waals surface area contributed by atoms with Crippen molar-refractivity contribution in [1.82, 2.24) is 10.2 Å². The number of carbonyl (C=O) groups excluding carboxylic acids is 1. The van der Waals surface area contributed by atoms with Gasteiger partial charge in [-0.15, -0.1) is 0 Å². The average molecular weight is 325 g/mol. The van der Waals surface area contributed by atoms with Gasteiger partial charge in [0.25, 0.3) is 0 Å². The van der Waals surface area contributed by atoms with Crippen LogP contribution in [0, 0.1) is 5.92 Å². The quantitative estimate of drug-likeness (QED) is 0.784. The lowest BCUT2D eigenvalue weighted by atomic mass is 9.96. The highest BCUT2D eigenvalue weighted by atomic mass is 35.5. The summed E-state index contributed by atoms with van der Waals surface area (Å²) in [5.74, 6) is 0.338. The number of amides is 1. The van der Waals surface area contributed by atoms with Gasteiger partial charge in [0.15, 0.2) is 0 Å². The number of likely N-dealkylation sites (tertiary alicyclic amines) is 1. The van der Waals surface area contributed by atoms with Crippen molar-refractivity contribution >= 4 is 17.5 Å². The van der Waals surface area contributed by atoms with E-state index in [1.807, 2.05) is 24.3 Å². The van der Waals surface area contributed by atoms with E-state index in [1.54, 1.807) is 0 Å². The lowest BCUT2D eigenvalue weighted by molar-refractivity contribution is -0.126. The van der Waals surface area contributed by atoms with E-state index >= 15 is 0 Å². The molecule has 1 saturated heterocycles. The zero-order valence-electron chi connectivity index (χ0n) is 13.2. The van der Waals surface area contributed by atoms with Crippen molar-refractivity contribution in [2.24, 2.45) is 5.92 Å². The number of carbonyl (C=O) groups is 1. The van der Waals surface area contributed by atoms with Crippen molar-refractivity contribution in [3.8, 4) is 0 Å². The summed E-state index contributed by atoms with van der Waals surface area (Å²) < 4.78 is 5.57. The minimum Gasteiger partial charge on any atom is -0.375 e. The monoisotopic (exact) mass is 324 g/mol. The molecule has 2 rings (SSSR count). The summed E-state index contributed by atoms with van der Waals surface area (Å²) in [6.07, 6.45) is 1.93. The molecule has 1 N–H and O–H groups in total. The van der Waals surface area contributed by atoms with E-state index < -0.39 is 0 Å². The summed E-state index contributed by atoms with van der Waals surface area (Å²) in [6.45, 7) is 6.94. The molecule has 1 amide bonds. The summed E-state index contributed by atoms with van der Waals surface area (Å²) >= 11 is 5.83. The third-order valence-electron chi connectivity index (χ3n) is 4.13. The van der Waals surface area contributed by atoms with Gasteiger partial charge >= 0.3 is 0 Å². The topological polar surface area (TPSA) is 41.6 Å². The molecule has 1 fully saturated rings. The maximum absolute atomic E-state index is 12.1. The third kappa shape index (κ3) is 5.59. The molecule has 0 spiro atoms. The van der Waals surface area contributed by atoms with E-state index in [0.717, 1.165) is 43.1 Å². The van der Waals surface area contributed by atoms with Crippen molar-refractivity contribution in [3.05, 3.63) is 34.9 Å². The van der Waals surface area contributed by atoms with Crippen molar-refractivity contribution in [2.75, 3.05) is 32.8 Å². The van der Waals surface area contributed by atoms with Crippen LogP contribution >= 0.6 is 11.6 Å². The highest BCUT2D eigenvalue weighted by Crippen LogP contribution is 2.16. The predicted molar refractivity (Wildman–Crippen MR) is 89.0 cm³/mol. The van der Waals surface area contributed by atoms with Crippen LogP contribution in [0.2, 0.25) is 5.02 Å². The molecule has 22 heavy (non-hydrogen) atoms. The maximum Gasteiger partial charge on any atom is 0.223 e. The number of hydrogen-bond donors (Lipinski definition) is 1. The van der Waals surface area contributed by atoms with Gasteiger partial charge in [-0.3, -0.25) is 4.79 Å². The first kappa shape index (κ1) is 17.3. The van der Waals surface area contributed by atoms with Crippen LogP contribution < -0.4 is 5.32 Å². The molecule has 122 valence electrons. The Morgan fingerprint density at radius 3 is 2.64 bits per heavy atom. The molecule has 1 aromatic carbocycles. The van der Waals surface area contributed by atoms with Gasteiger partial charge < -0.3 is 15.0 Å². The van der Waals surface area contributed by atoms with Crippen LogP contribution in [0.25, 0.3) is 0 Å². The fraction of sp³-hybridized carbons (Fsp3) is 0.588. The number of nitrogens with one attached hydrogen (secondary N) is 1. The number of ether oxygens (including phenoxy) is 1. The second-order valence-corrected chi connectivity index (χ2v) is 6.12. The van der Waals surface area contributed by atoms with E-state index in [2.05, 4.69) is 17.1 Å². The number of nitrogens with zero attached hydrogens (tertiary/aromatic N) is 1. The Morgan fingerprint density at radius 1 is 1.32 bits per heavy atom. The molecule has 0 saturated carbocycles. The van der Waals surface area contributed by atoms with E-state index in [1.165, 1.54) is 0 Å². The molecule has 0 unspecified atom stereocenters. The Balaban J connectivity index is 1.56. The van der Waals surface area contributed by atoms with Crippen LogP contribution in [0.4, 0.5) is 0 Å². The lowest BCUT2D eigenvalue weighted by Gasteiger charge is -2.30. The Morgan fingerprint density at radius 2 is 2.00 bits per heavy atom. The fourth-order valence-electron chi connectivity index (χ4n) is 2.67. The number of piperidine rings is 1. The number of benzene rings is 1.